The second-order valence-electron chi connectivity index (χ2n) is 6.66. The van der Waals surface area contributed by atoms with Crippen LogP contribution in [0.15, 0.2) is 35.4 Å². The highest BCUT2D eigenvalue weighted by atomic mass is 35.5. The molecule has 1 aliphatic heterocycles. The van der Waals surface area contributed by atoms with Gasteiger partial charge in [0.05, 0.1) is 15.5 Å². The summed E-state index contributed by atoms with van der Waals surface area (Å²) in [4.78, 5) is 5.76. The van der Waals surface area contributed by atoms with Gasteiger partial charge in [-0.2, -0.15) is 17.5 Å². The van der Waals surface area contributed by atoms with E-state index in [2.05, 4.69) is 4.98 Å². The number of aromatic nitrogens is 1. The molecule has 0 amide bonds. The quantitative estimate of drug-likeness (QED) is 0.737. The molecule has 0 radical (unpaired) electrons. The number of rotatable bonds is 3. The SMILES string of the molecule is Cc1ccc(S(=O)(=O)N2CCN(c3ncc(C(F)(F)F)cc3Cl)CC2)cc1C. The molecule has 0 unspecified atom stereocenters. The lowest BCUT2D eigenvalue weighted by atomic mass is 10.1. The summed E-state index contributed by atoms with van der Waals surface area (Å²) >= 11 is 5.99. The highest BCUT2D eigenvalue weighted by Gasteiger charge is 2.33. The van der Waals surface area contributed by atoms with Crippen LogP contribution in [0, 0.1) is 13.8 Å². The number of piperazine rings is 1. The van der Waals surface area contributed by atoms with Crippen molar-refractivity contribution < 1.29 is 21.6 Å². The Morgan fingerprint density at radius 1 is 1.04 bits per heavy atom. The number of sulfonamides is 1. The molecule has 1 aliphatic rings. The van der Waals surface area contributed by atoms with Crippen LogP contribution >= 0.6 is 11.6 Å². The Labute approximate surface area is 166 Å². The average molecular weight is 434 g/mol. The zero-order valence-electron chi connectivity index (χ0n) is 15.3. The molecule has 1 aromatic carbocycles. The van der Waals surface area contributed by atoms with Gasteiger partial charge < -0.3 is 4.90 Å². The van der Waals surface area contributed by atoms with Crippen molar-refractivity contribution in [3.63, 3.8) is 0 Å². The normalized spacial score (nSPS) is 16.4. The Kier molecular flexibility index (Phi) is 5.62. The molecule has 0 bridgehead atoms. The van der Waals surface area contributed by atoms with Gasteiger partial charge in [0.1, 0.15) is 5.82 Å². The van der Waals surface area contributed by atoms with Gasteiger partial charge in [0.15, 0.2) is 0 Å². The molecule has 0 N–H and O–H groups in total. The van der Waals surface area contributed by atoms with E-state index in [9.17, 15) is 21.6 Å². The van der Waals surface area contributed by atoms with E-state index < -0.39 is 21.8 Å². The van der Waals surface area contributed by atoms with Gasteiger partial charge in [-0.1, -0.05) is 17.7 Å². The van der Waals surface area contributed by atoms with Crippen molar-refractivity contribution in [2.24, 2.45) is 0 Å². The molecule has 2 heterocycles. The molecule has 0 saturated carbocycles. The van der Waals surface area contributed by atoms with Crippen LogP contribution in [-0.4, -0.2) is 43.9 Å². The van der Waals surface area contributed by atoms with Crippen LogP contribution in [0.1, 0.15) is 16.7 Å². The van der Waals surface area contributed by atoms with E-state index in [1.807, 2.05) is 13.8 Å². The summed E-state index contributed by atoms with van der Waals surface area (Å²) in [5, 5.41) is -0.111. The van der Waals surface area contributed by atoms with Gasteiger partial charge in [-0.15, -0.1) is 0 Å². The highest BCUT2D eigenvalue weighted by molar-refractivity contribution is 7.89. The van der Waals surface area contributed by atoms with E-state index in [1.165, 1.54) is 4.31 Å². The van der Waals surface area contributed by atoms with E-state index in [4.69, 9.17) is 11.6 Å². The first-order valence-corrected chi connectivity index (χ1v) is 10.4. The summed E-state index contributed by atoms with van der Waals surface area (Å²) in [6.07, 6.45) is -3.78. The van der Waals surface area contributed by atoms with Crippen molar-refractivity contribution in [2.75, 3.05) is 31.1 Å². The third-order valence-electron chi connectivity index (χ3n) is 4.80. The summed E-state index contributed by atoms with van der Waals surface area (Å²) in [5.41, 5.74) is 0.976. The van der Waals surface area contributed by atoms with Crippen LogP contribution in [0.2, 0.25) is 5.02 Å². The molecule has 0 aliphatic carbocycles. The second kappa shape index (κ2) is 7.53. The zero-order valence-corrected chi connectivity index (χ0v) is 16.9. The summed E-state index contributed by atoms with van der Waals surface area (Å²) in [7, 11) is -3.64. The Bertz CT molecular complexity index is 988. The van der Waals surface area contributed by atoms with Gasteiger partial charge >= 0.3 is 6.18 Å². The fourth-order valence-corrected chi connectivity index (χ4v) is 4.78. The summed E-state index contributed by atoms with van der Waals surface area (Å²) in [6.45, 7) is 4.70. The maximum absolute atomic E-state index is 12.9. The standard InChI is InChI=1S/C18H19ClF3N3O2S/c1-12-3-4-15(9-13(12)2)28(26,27)25-7-5-24(6-8-25)17-16(19)10-14(11-23-17)18(20,21)22/h3-4,9-11H,5-8H2,1-2H3. The van der Waals surface area contributed by atoms with Gasteiger partial charge in [-0.05, 0) is 43.2 Å². The summed E-state index contributed by atoms with van der Waals surface area (Å²) in [6, 6.07) is 5.83. The van der Waals surface area contributed by atoms with Gasteiger partial charge in [0.25, 0.3) is 0 Å². The number of hydrogen-bond donors (Lipinski definition) is 0. The van der Waals surface area contributed by atoms with Crippen LogP contribution in [-0.2, 0) is 16.2 Å². The molecule has 152 valence electrons. The van der Waals surface area contributed by atoms with Crippen LogP contribution in [0.5, 0.6) is 0 Å². The van der Waals surface area contributed by atoms with Gasteiger partial charge in [0, 0.05) is 32.4 Å². The van der Waals surface area contributed by atoms with Crippen LogP contribution in [0.4, 0.5) is 19.0 Å². The van der Waals surface area contributed by atoms with Crippen molar-refractivity contribution in [1.29, 1.82) is 0 Å². The molecular formula is C18H19ClF3N3O2S. The molecule has 1 fully saturated rings. The van der Waals surface area contributed by atoms with Gasteiger partial charge in [0.2, 0.25) is 10.0 Å². The highest BCUT2D eigenvalue weighted by Crippen LogP contribution is 2.34. The molecule has 5 nitrogen and oxygen atoms in total. The summed E-state index contributed by atoms with van der Waals surface area (Å²) < 4.78 is 65.3. The number of nitrogens with zero attached hydrogens (tertiary/aromatic N) is 3. The largest absolute Gasteiger partial charge is 0.417 e. The number of alkyl halides is 3. The molecule has 1 saturated heterocycles. The molecule has 1 aromatic heterocycles. The first-order valence-electron chi connectivity index (χ1n) is 8.55. The van der Waals surface area contributed by atoms with Gasteiger partial charge in [-0.3, -0.25) is 0 Å². The topological polar surface area (TPSA) is 53.5 Å². The number of pyridine rings is 1. The molecule has 10 heteroatoms. The number of halogens is 4. The zero-order chi connectivity index (χ0) is 20.7. The maximum atomic E-state index is 12.9. The summed E-state index contributed by atoms with van der Waals surface area (Å²) in [5.74, 6) is 0.220. The Morgan fingerprint density at radius 3 is 2.21 bits per heavy atom. The molecule has 3 rings (SSSR count). The minimum atomic E-state index is -4.52. The van der Waals surface area contributed by atoms with E-state index in [0.717, 1.165) is 23.4 Å². The smallest absolute Gasteiger partial charge is 0.353 e. The second-order valence-corrected chi connectivity index (χ2v) is 9.01. The van der Waals surface area contributed by atoms with Gasteiger partial charge in [-0.25, -0.2) is 13.4 Å². The fourth-order valence-electron chi connectivity index (χ4n) is 2.98. The van der Waals surface area contributed by atoms with Crippen molar-refractivity contribution in [1.82, 2.24) is 9.29 Å². The number of aryl methyl sites for hydroxylation is 2. The lowest BCUT2D eigenvalue weighted by Crippen LogP contribution is -2.49. The van der Waals surface area contributed by atoms with Crippen LogP contribution < -0.4 is 4.90 Å². The van der Waals surface area contributed by atoms with E-state index in [0.29, 0.717) is 0 Å². The maximum Gasteiger partial charge on any atom is 0.417 e. The first-order chi connectivity index (χ1) is 13.0. The monoisotopic (exact) mass is 433 g/mol. The minimum Gasteiger partial charge on any atom is -0.353 e. The Hall–Kier alpha value is -1.84. The Balaban J connectivity index is 1.74. The number of benzene rings is 1. The average Bonchev–Trinajstić information content (AvgIpc) is 2.63. The lowest BCUT2D eigenvalue weighted by molar-refractivity contribution is -0.137. The Morgan fingerprint density at radius 2 is 1.68 bits per heavy atom. The van der Waals surface area contributed by atoms with Crippen molar-refractivity contribution in [2.45, 2.75) is 24.9 Å². The first kappa shape index (κ1) is 20.9. The predicted molar refractivity (Wildman–Crippen MR) is 101 cm³/mol. The lowest BCUT2D eigenvalue weighted by Gasteiger charge is -2.35. The predicted octanol–water partition coefficient (Wildman–Crippen LogP) is 3.88. The molecule has 0 atom stereocenters. The molecule has 0 spiro atoms. The molecule has 28 heavy (non-hydrogen) atoms. The number of hydrogen-bond acceptors (Lipinski definition) is 4. The van der Waals surface area contributed by atoms with E-state index in [1.54, 1.807) is 23.1 Å². The third kappa shape index (κ3) is 4.11. The minimum absolute atomic E-state index is 0.111. The molecular weight excluding hydrogens is 415 g/mol. The van der Waals surface area contributed by atoms with E-state index in [-0.39, 0.29) is 41.9 Å². The van der Waals surface area contributed by atoms with Crippen LogP contribution in [0.25, 0.3) is 0 Å². The third-order valence-corrected chi connectivity index (χ3v) is 6.98. The fraction of sp³-hybridized carbons (Fsp3) is 0.389. The van der Waals surface area contributed by atoms with Crippen molar-refractivity contribution >= 4 is 27.4 Å². The van der Waals surface area contributed by atoms with Crippen molar-refractivity contribution in [3.8, 4) is 0 Å². The van der Waals surface area contributed by atoms with E-state index >= 15 is 0 Å². The number of anilines is 1. The molecule has 2 aromatic rings. The van der Waals surface area contributed by atoms with Crippen molar-refractivity contribution in [3.05, 3.63) is 52.2 Å². The van der Waals surface area contributed by atoms with Crippen LogP contribution in [0.3, 0.4) is 0 Å².